The molecule has 2 atom stereocenters. The summed E-state index contributed by atoms with van der Waals surface area (Å²) in [4.78, 5) is 36.6. The normalized spacial score (nSPS) is 21.9. The maximum absolute atomic E-state index is 12.2. The van der Waals surface area contributed by atoms with Crippen molar-refractivity contribution in [1.29, 1.82) is 0 Å². The third kappa shape index (κ3) is 5.11. The number of carbonyl (C=O) groups is 3. The summed E-state index contributed by atoms with van der Waals surface area (Å²) in [6.45, 7) is 8.72. The Kier molecular flexibility index (Phi) is 5.88. The van der Waals surface area contributed by atoms with Crippen molar-refractivity contribution in [3.8, 4) is 0 Å². The van der Waals surface area contributed by atoms with Crippen molar-refractivity contribution in [3.63, 3.8) is 0 Å². The Labute approximate surface area is 128 Å². The fourth-order valence-corrected chi connectivity index (χ4v) is 2.86. The largest absolute Gasteiger partial charge is 0.516 e. The molecule has 0 N–H and O–H groups in total. The highest BCUT2D eigenvalue weighted by molar-refractivity contribution is 8.00. The van der Waals surface area contributed by atoms with Gasteiger partial charge in [0.1, 0.15) is 11.6 Å². The van der Waals surface area contributed by atoms with Crippen LogP contribution in [-0.2, 0) is 19.0 Å². The third-order valence-electron chi connectivity index (χ3n) is 2.55. The Morgan fingerprint density at radius 2 is 1.90 bits per heavy atom. The highest BCUT2D eigenvalue weighted by atomic mass is 32.2. The fraction of sp³-hybridized carbons (Fsp3) is 0.769. The lowest BCUT2D eigenvalue weighted by Crippen LogP contribution is -2.48. The lowest BCUT2D eigenvalue weighted by molar-refractivity contribution is -0.144. The van der Waals surface area contributed by atoms with Crippen molar-refractivity contribution < 1.29 is 28.6 Å². The second kappa shape index (κ2) is 7.02. The molecule has 1 heterocycles. The first-order chi connectivity index (χ1) is 9.65. The maximum atomic E-state index is 12.2. The van der Waals surface area contributed by atoms with Gasteiger partial charge in [-0.15, -0.1) is 11.8 Å². The number of esters is 1. The Bertz CT molecular complexity index is 419. The van der Waals surface area contributed by atoms with Gasteiger partial charge in [0.15, 0.2) is 0 Å². The van der Waals surface area contributed by atoms with Crippen molar-refractivity contribution in [2.24, 2.45) is 0 Å². The summed E-state index contributed by atoms with van der Waals surface area (Å²) in [6, 6.07) is -0.857. The lowest BCUT2D eigenvalue weighted by atomic mass is 10.2. The molecule has 1 aliphatic rings. The summed E-state index contributed by atoms with van der Waals surface area (Å²) in [6.07, 6.45) is -1.66. The average molecular weight is 319 g/mol. The number of amides is 1. The van der Waals surface area contributed by atoms with Crippen LogP contribution in [0.4, 0.5) is 9.59 Å². The van der Waals surface area contributed by atoms with Crippen LogP contribution in [0.25, 0.3) is 0 Å². The van der Waals surface area contributed by atoms with Gasteiger partial charge in [-0.25, -0.2) is 14.4 Å². The summed E-state index contributed by atoms with van der Waals surface area (Å²) in [5.41, 5.74) is -0.667. The molecule has 1 fully saturated rings. The average Bonchev–Trinajstić information content (AvgIpc) is 2.69. The van der Waals surface area contributed by atoms with Crippen molar-refractivity contribution in [2.45, 2.75) is 51.6 Å². The number of hydrogen-bond donors (Lipinski definition) is 0. The van der Waals surface area contributed by atoms with Gasteiger partial charge in [-0.2, -0.15) is 0 Å². The van der Waals surface area contributed by atoms with Gasteiger partial charge < -0.3 is 14.2 Å². The molecule has 1 rings (SSSR count). The van der Waals surface area contributed by atoms with E-state index in [9.17, 15) is 14.4 Å². The summed E-state index contributed by atoms with van der Waals surface area (Å²) in [7, 11) is 0. The van der Waals surface area contributed by atoms with Crippen LogP contribution in [0.15, 0.2) is 0 Å². The number of nitrogens with zero attached hydrogens (tertiary/aromatic N) is 1. The van der Waals surface area contributed by atoms with Crippen LogP contribution in [0.5, 0.6) is 0 Å². The van der Waals surface area contributed by atoms with E-state index in [4.69, 9.17) is 4.74 Å². The Morgan fingerprint density at radius 1 is 1.29 bits per heavy atom. The monoisotopic (exact) mass is 319 g/mol. The molecule has 1 saturated heterocycles. The Morgan fingerprint density at radius 3 is 2.43 bits per heavy atom. The molecule has 0 spiro atoms. The van der Waals surface area contributed by atoms with Gasteiger partial charge in [-0.05, 0) is 34.6 Å². The van der Waals surface area contributed by atoms with Crippen LogP contribution >= 0.6 is 11.8 Å². The molecular formula is C13H21NO6S. The zero-order chi connectivity index (χ0) is 16.2. The maximum Gasteiger partial charge on any atom is 0.516 e. The molecule has 120 valence electrons. The molecule has 1 amide bonds. The van der Waals surface area contributed by atoms with Gasteiger partial charge in [-0.1, -0.05) is 0 Å². The number of carbonyl (C=O) groups excluding carboxylic acids is 3. The second-order valence-electron chi connectivity index (χ2n) is 5.44. The van der Waals surface area contributed by atoms with Gasteiger partial charge >= 0.3 is 18.2 Å². The molecule has 0 aliphatic carbocycles. The summed E-state index contributed by atoms with van der Waals surface area (Å²) in [5, 5.41) is -0.236. The minimum atomic E-state index is -1.06. The predicted molar refractivity (Wildman–Crippen MR) is 76.9 cm³/mol. The first-order valence-corrected chi connectivity index (χ1v) is 7.72. The molecule has 0 bridgehead atoms. The number of ether oxygens (including phenoxy) is 3. The van der Waals surface area contributed by atoms with Crippen molar-refractivity contribution in [1.82, 2.24) is 4.90 Å². The minimum absolute atomic E-state index is 0.109. The SMILES string of the molecule is CCOC(=O)OC(=O)[C@@H]1CSC(C)N1C(=O)OC(C)(C)C. The molecule has 0 aromatic heterocycles. The fourth-order valence-electron chi connectivity index (χ4n) is 1.71. The van der Waals surface area contributed by atoms with Gasteiger partial charge in [0.25, 0.3) is 0 Å². The topological polar surface area (TPSA) is 82.1 Å². The van der Waals surface area contributed by atoms with E-state index in [1.165, 1.54) is 16.7 Å². The van der Waals surface area contributed by atoms with Crippen LogP contribution < -0.4 is 0 Å². The zero-order valence-electron chi connectivity index (χ0n) is 12.9. The van der Waals surface area contributed by atoms with Crippen molar-refractivity contribution >= 4 is 30.0 Å². The number of rotatable bonds is 2. The van der Waals surface area contributed by atoms with E-state index in [-0.39, 0.29) is 12.0 Å². The highest BCUT2D eigenvalue weighted by Crippen LogP contribution is 2.31. The molecule has 1 aliphatic heterocycles. The van der Waals surface area contributed by atoms with Crippen molar-refractivity contribution in [2.75, 3.05) is 12.4 Å². The molecule has 21 heavy (non-hydrogen) atoms. The Balaban J connectivity index is 2.74. The van der Waals surface area contributed by atoms with Crippen LogP contribution in [0.1, 0.15) is 34.6 Å². The van der Waals surface area contributed by atoms with Gasteiger partial charge in [0, 0.05) is 5.75 Å². The van der Waals surface area contributed by atoms with Gasteiger partial charge in [0.05, 0.1) is 12.0 Å². The molecule has 7 nitrogen and oxygen atoms in total. The first-order valence-electron chi connectivity index (χ1n) is 6.67. The van der Waals surface area contributed by atoms with Crippen molar-refractivity contribution in [3.05, 3.63) is 0 Å². The van der Waals surface area contributed by atoms with E-state index < -0.39 is 29.9 Å². The second-order valence-corrected chi connectivity index (χ2v) is 6.79. The highest BCUT2D eigenvalue weighted by Gasteiger charge is 2.43. The molecule has 1 unspecified atom stereocenters. The quantitative estimate of drug-likeness (QED) is 0.571. The van der Waals surface area contributed by atoms with Crippen LogP contribution in [-0.4, -0.2) is 52.5 Å². The third-order valence-corrected chi connectivity index (χ3v) is 3.76. The zero-order valence-corrected chi connectivity index (χ0v) is 13.7. The number of hydrogen-bond acceptors (Lipinski definition) is 7. The van der Waals surface area contributed by atoms with E-state index in [0.717, 1.165) is 0 Å². The first kappa shape index (κ1) is 17.6. The van der Waals surface area contributed by atoms with E-state index in [1.54, 1.807) is 34.6 Å². The van der Waals surface area contributed by atoms with Gasteiger partial charge in [-0.3, -0.25) is 4.90 Å². The minimum Gasteiger partial charge on any atom is -0.444 e. The smallest absolute Gasteiger partial charge is 0.444 e. The summed E-state index contributed by atoms with van der Waals surface area (Å²) >= 11 is 1.41. The molecule has 0 radical (unpaired) electrons. The standard InChI is InChI=1S/C13H21NO6S/c1-6-18-12(17)19-10(15)9-7-21-8(2)14(9)11(16)20-13(3,4)5/h8-9H,6-7H2,1-5H3/t8?,9-/m0/s1. The molecular weight excluding hydrogens is 298 g/mol. The van der Waals surface area contributed by atoms with Crippen LogP contribution in [0, 0.1) is 0 Å². The van der Waals surface area contributed by atoms with E-state index in [2.05, 4.69) is 9.47 Å². The number of thioether (sulfide) groups is 1. The van der Waals surface area contributed by atoms with E-state index in [0.29, 0.717) is 5.75 Å². The Hall–Kier alpha value is -1.44. The van der Waals surface area contributed by atoms with E-state index in [1.807, 2.05) is 0 Å². The van der Waals surface area contributed by atoms with E-state index >= 15 is 0 Å². The molecule has 0 aromatic carbocycles. The predicted octanol–water partition coefficient (Wildman–Crippen LogP) is 2.38. The molecule has 8 heteroatoms. The molecule has 0 saturated carbocycles. The van der Waals surface area contributed by atoms with Gasteiger partial charge in [0.2, 0.25) is 0 Å². The van der Waals surface area contributed by atoms with Crippen LogP contribution in [0.3, 0.4) is 0 Å². The van der Waals surface area contributed by atoms with Crippen LogP contribution in [0.2, 0.25) is 0 Å². The summed E-state index contributed by atoms with van der Waals surface area (Å²) < 4.78 is 14.4. The lowest BCUT2D eigenvalue weighted by Gasteiger charge is -2.29. The summed E-state index contributed by atoms with van der Waals surface area (Å²) in [5.74, 6) is -0.463. The molecule has 0 aromatic rings.